The predicted molar refractivity (Wildman–Crippen MR) is 87.7 cm³/mol. The quantitative estimate of drug-likeness (QED) is 0.588. The highest BCUT2D eigenvalue weighted by molar-refractivity contribution is 6.04. The number of carbonyl (C=O) groups is 2. The number of hydrogen-bond donors (Lipinski definition) is 1. The second kappa shape index (κ2) is 9.03. The average Bonchev–Trinajstić information content (AvgIpc) is 2.46. The van der Waals surface area contributed by atoms with Crippen LogP contribution in [0.4, 0.5) is 0 Å². The van der Waals surface area contributed by atoms with Crippen molar-refractivity contribution in [2.24, 2.45) is 11.7 Å². The van der Waals surface area contributed by atoms with E-state index in [1.165, 1.54) is 11.6 Å². The van der Waals surface area contributed by atoms with Crippen LogP contribution in [-0.2, 0) is 4.74 Å². The maximum atomic E-state index is 12.0. The minimum Gasteiger partial charge on any atom is -0.462 e. The molecule has 4 heteroatoms. The Hall–Kier alpha value is -2.10. The van der Waals surface area contributed by atoms with Crippen molar-refractivity contribution < 1.29 is 14.3 Å². The summed E-state index contributed by atoms with van der Waals surface area (Å²) in [5, 5.41) is 0. The van der Waals surface area contributed by atoms with Crippen LogP contribution in [0.1, 0.15) is 60.7 Å². The van der Waals surface area contributed by atoms with Crippen LogP contribution in [0, 0.1) is 5.92 Å². The number of primary amides is 1. The lowest BCUT2D eigenvalue weighted by Crippen LogP contribution is -2.18. The molecule has 1 amide bonds. The van der Waals surface area contributed by atoms with Gasteiger partial charge in [-0.3, -0.25) is 4.79 Å². The third-order valence-corrected chi connectivity index (χ3v) is 3.47. The first-order valence-electron chi connectivity index (χ1n) is 7.61. The minimum absolute atomic E-state index is 0.198. The van der Waals surface area contributed by atoms with Crippen molar-refractivity contribution in [3.63, 3.8) is 0 Å². The number of amides is 1. The van der Waals surface area contributed by atoms with Crippen LogP contribution in [0.3, 0.4) is 0 Å². The summed E-state index contributed by atoms with van der Waals surface area (Å²) >= 11 is 0. The Labute approximate surface area is 132 Å². The molecule has 1 atom stereocenters. The van der Waals surface area contributed by atoms with Crippen LogP contribution in [0.2, 0.25) is 0 Å². The van der Waals surface area contributed by atoms with Crippen LogP contribution in [0.15, 0.2) is 35.9 Å². The van der Waals surface area contributed by atoms with Gasteiger partial charge < -0.3 is 10.5 Å². The average molecular weight is 303 g/mol. The fourth-order valence-electron chi connectivity index (χ4n) is 2.11. The van der Waals surface area contributed by atoms with E-state index in [0.29, 0.717) is 12.5 Å². The minimum atomic E-state index is -0.623. The fraction of sp³-hybridized carbons (Fsp3) is 0.444. The van der Waals surface area contributed by atoms with Crippen molar-refractivity contribution >= 4 is 11.9 Å². The van der Waals surface area contributed by atoms with E-state index in [0.717, 1.165) is 19.3 Å². The Morgan fingerprint density at radius 1 is 1.18 bits per heavy atom. The molecule has 22 heavy (non-hydrogen) atoms. The van der Waals surface area contributed by atoms with Crippen molar-refractivity contribution in [2.75, 3.05) is 6.61 Å². The first-order valence-corrected chi connectivity index (χ1v) is 7.61. The Balaban J connectivity index is 2.44. The largest absolute Gasteiger partial charge is 0.462 e. The highest BCUT2D eigenvalue weighted by Gasteiger charge is 2.15. The summed E-state index contributed by atoms with van der Waals surface area (Å²) in [7, 11) is 0. The van der Waals surface area contributed by atoms with Crippen LogP contribution in [0.5, 0.6) is 0 Å². The molecule has 1 rings (SSSR count). The van der Waals surface area contributed by atoms with Crippen LogP contribution in [-0.4, -0.2) is 18.5 Å². The number of esters is 1. The van der Waals surface area contributed by atoms with Gasteiger partial charge in [0.2, 0.25) is 5.91 Å². The van der Waals surface area contributed by atoms with E-state index >= 15 is 0 Å². The molecular formula is C18H25NO3. The molecule has 0 heterocycles. The zero-order valence-electron chi connectivity index (χ0n) is 13.6. The highest BCUT2D eigenvalue weighted by Crippen LogP contribution is 2.14. The van der Waals surface area contributed by atoms with Crippen molar-refractivity contribution in [2.45, 2.75) is 40.0 Å². The van der Waals surface area contributed by atoms with Crippen molar-refractivity contribution in [3.8, 4) is 0 Å². The predicted octanol–water partition coefficient (Wildman–Crippen LogP) is 3.71. The Bertz CT molecular complexity index is 545. The molecule has 0 unspecified atom stereocenters. The molecule has 0 radical (unpaired) electrons. The van der Waals surface area contributed by atoms with Gasteiger partial charge in [-0.15, -0.1) is 0 Å². The Kier molecular flexibility index (Phi) is 7.37. The molecule has 1 aromatic carbocycles. The summed E-state index contributed by atoms with van der Waals surface area (Å²) in [6, 6.07) is 6.44. The summed E-state index contributed by atoms with van der Waals surface area (Å²) in [5.41, 5.74) is 7.00. The molecule has 0 aliphatic rings. The second-order valence-electron chi connectivity index (χ2n) is 5.80. The maximum Gasteiger partial charge on any atom is 0.338 e. The summed E-state index contributed by atoms with van der Waals surface area (Å²) < 4.78 is 5.25. The number of carbonyl (C=O) groups excluding carboxylic acids is 2. The van der Waals surface area contributed by atoms with E-state index in [2.05, 4.69) is 26.8 Å². The van der Waals surface area contributed by atoms with E-state index in [-0.39, 0.29) is 11.1 Å². The van der Waals surface area contributed by atoms with Gasteiger partial charge in [-0.1, -0.05) is 30.7 Å². The molecule has 0 aliphatic carbocycles. The third kappa shape index (κ3) is 6.12. The molecule has 120 valence electrons. The van der Waals surface area contributed by atoms with Crippen LogP contribution >= 0.6 is 0 Å². The fourth-order valence-corrected chi connectivity index (χ4v) is 2.11. The van der Waals surface area contributed by atoms with Gasteiger partial charge in [0.05, 0.1) is 17.7 Å². The lowest BCUT2D eigenvalue weighted by molar-refractivity contribution is 0.0481. The van der Waals surface area contributed by atoms with Gasteiger partial charge in [-0.2, -0.15) is 0 Å². The summed E-state index contributed by atoms with van der Waals surface area (Å²) in [6.45, 7) is 6.66. The van der Waals surface area contributed by atoms with E-state index in [9.17, 15) is 9.59 Å². The number of hydrogen-bond acceptors (Lipinski definition) is 3. The van der Waals surface area contributed by atoms with Gasteiger partial charge in [-0.25, -0.2) is 4.79 Å². The molecule has 4 nitrogen and oxygen atoms in total. The normalized spacial score (nSPS) is 11.6. The summed E-state index contributed by atoms with van der Waals surface area (Å²) in [6.07, 6.45) is 5.13. The van der Waals surface area contributed by atoms with Crippen LogP contribution < -0.4 is 5.73 Å². The Morgan fingerprint density at radius 2 is 1.82 bits per heavy atom. The zero-order chi connectivity index (χ0) is 16.5. The highest BCUT2D eigenvalue weighted by atomic mass is 16.5. The molecule has 0 aliphatic heterocycles. The SMILES string of the molecule is CC(C)=CCC[C@@H](C)CCOC(=O)c1ccccc1C(N)=O. The number of allylic oxidation sites excluding steroid dienone is 2. The first kappa shape index (κ1) is 18.0. The van der Waals surface area contributed by atoms with E-state index < -0.39 is 11.9 Å². The zero-order valence-corrected chi connectivity index (χ0v) is 13.6. The molecule has 0 aromatic heterocycles. The molecule has 0 bridgehead atoms. The maximum absolute atomic E-state index is 12.0. The molecule has 0 fully saturated rings. The van der Waals surface area contributed by atoms with Crippen molar-refractivity contribution in [1.82, 2.24) is 0 Å². The molecule has 0 saturated carbocycles. The summed E-state index contributed by atoms with van der Waals surface area (Å²) in [5.74, 6) is -0.636. The number of ether oxygens (including phenoxy) is 1. The van der Waals surface area contributed by atoms with Crippen LogP contribution in [0.25, 0.3) is 0 Å². The molecule has 2 N–H and O–H groups in total. The molecule has 1 aromatic rings. The van der Waals surface area contributed by atoms with Gasteiger partial charge in [0.1, 0.15) is 0 Å². The number of benzene rings is 1. The van der Waals surface area contributed by atoms with E-state index in [4.69, 9.17) is 10.5 Å². The van der Waals surface area contributed by atoms with Crippen molar-refractivity contribution in [3.05, 3.63) is 47.0 Å². The smallest absolute Gasteiger partial charge is 0.338 e. The second-order valence-corrected chi connectivity index (χ2v) is 5.80. The van der Waals surface area contributed by atoms with Gasteiger partial charge in [0, 0.05) is 0 Å². The van der Waals surface area contributed by atoms with E-state index in [1.807, 2.05) is 0 Å². The molecule has 0 spiro atoms. The number of nitrogens with two attached hydrogens (primary N) is 1. The standard InChI is InChI=1S/C18H25NO3/c1-13(2)7-6-8-14(3)11-12-22-18(21)16-10-5-4-9-15(16)17(19)20/h4-5,7,9-10,14H,6,8,11-12H2,1-3H3,(H2,19,20)/t14-/m1/s1. The van der Waals surface area contributed by atoms with E-state index in [1.54, 1.807) is 18.2 Å². The third-order valence-electron chi connectivity index (χ3n) is 3.47. The summed E-state index contributed by atoms with van der Waals surface area (Å²) in [4.78, 5) is 23.3. The van der Waals surface area contributed by atoms with Crippen molar-refractivity contribution in [1.29, 1.82) is 0 Å². The van der Waals surface area contributed by atoms with Gasteiger partial charge in [0.15, 0.2) is 0 Å². The number of rotatable bonds is 8. The first-order chi connectivity index (χ1) is 10.4. The Morgan fingerprint density at radius 3 is 2.41 bits per heavy atom. The molecule has 0 saturated heterocycles. The lowest BCUT2D eigenvalue weighted by Gasteiger charge is -2.11. The van der Waals surface area contributed by atoms with Gasteiger partial charge in [-0.05, 0) is 51.2 Å². The topological polar surface area (TPSA) is 69.4 Å². The monoisotopic (exact) mass is 303 g/mol. The lowest BCUT2D eigenvalue weighted by atomic mass is 10.0. The van der Waals surface area contributed by atoms with Gasteiger partial charge >= 0.3 is 5.97 Å². The van der Waals surface area contributed by atoms with Gasteiger partial charge in [0.25, 0.3) is 0 Å². The molecular weight excluding hydrogens is 278 g/mol.